The average molecular weight is 260 g/mol. The zero-order valence-corrected chi connectivity index (χ0v) is 10.1. The highest BCUT2D eigenvalue weighted by Gasteiger charge is 2.04. The molecule has 0 spiro atoms. The first-order valence-corrected chi connectivity index (χ1v) is 6.07. The van der Waals surface area contributed by atoms with E-state index in [2.05, 4.69) is 9.97 Å². The molecule has 0 fully saturated rings. The van der Waals surface area contributed by atoms with Crippen LogP contribution >= 0.6 is 11.8 Å². The van der Waals surface area contributed by atoms with E-state index in [0.29, 0.717) is 10.9 Å². The summed E-state index contributed by atoms with van der Waals surface area (Å²) in [4.78, 5) is 8.00. The molecule has 18 heavy (non-hydrogen) atoms. The number of thioether (sulfide) groups is 1. The van der Waals surface area contributed by atoms with Crippen LogP contribution in [0.4, 0.5) is 10.2 Å². The van der Waals surface area contributed by atoms with Gasteiger partial charge in [0.2, 0.25) is 0 Å². The molecule has 0 aliphatic carbocycles. The summed E-state index contributed by atoms with van der Waals surface area (Å²) in [5.74, 6) is 0.436. The molecular formula is C12H9FN4S. The molecule has 2 rings (SSSR count). The van der Waals surface area contributed by atoms with Crippen molar-refractivity contribution in [3.63, 3.8) is 0 Å². The van der Waals surface area contributed by atoms with Crippen molar-refractivity contribution < 1.29 is 4.39 Å². The van der Waals surface area contributed by atoms with E-state index in [1.165, 1.54) is 30.1 Å². The normalized spacial score (nSPS) is 10.0. The number of hydrogen-bond donors (Lipinski definition) is 1. The molecule has 0 unspecified atom stereocenters. The molecule has 0 saturated carbocycles. The van der Waals surface area contributed by atoms with Gasteiger partial charge in [0.05, 0.1) is 6.20 Å². The summed E-state index contributed by atoms with van der Waals surface area (Å²) in [5.41, 5.74) is 6.67. The second-order valence-electron chi connectivity index (χ2n) is 3.48. The fourth-order valence-corrected chi connectivity index (χ4v) is 2.07. The van der Waals surface area contributed by atoms with Crippen molar-refractivity contribution >= 4 is 17.6 Å². The second-order valence-corrected chi connectivity index (χ2v) is 4.42. The molecule has 0 atom stereocenters. The van der Waals surface area contributed by atoms with Gasteiger partial charge >= 0.3 is 0 Å². The number of rotatable bonds is 3. The molecule has 0 aliphatic rings. The minimum Gasteiger partial charge on any atom is -0.382 e. The van der Waals surface area contributed by atoms with Crippen molar-refractivity contribution in [2.45, 2.75) is 10.9 Å². The van der Waals surface area contributed by atoms with E-state index in [0.717, 1.165) is 5.56 Å². The maximum atomic E-state index is 13.0. The fourth-order valence-electron chi connectivity index (χ4n) is 1.31. The van der Waals surface area contributed by atoms with E-state index in [9.17, 15) is 4.39 Å². The quantitative estimate of drug-likeness (QED) is 0.677. The molecule has 0 saturated heterocycles. The van der Waals surface area contributed by atoms with Crippen molar-refractivity contribution in [2.24, 2.45) is 0 Å². The minimum absolute atomic E-state index is 0.161. The Morgan fingerprint density at radius 3 is 2.94 bits per heavy atom. The van der Waals surface area contributed by atoms with E-state index in [-0.39, 0.29) is 17.2 Å². The minimum atomic E-state index is -0.270. The predicted molar refractivity (Wildman–Crippen MR) is 67.1 cm³/mol. The number of nitrogens with two attached hydrogens (primary N) is 1. The Morgan fingerprint density at radius 2 is 2.28 bits per heavy atom. The van der Waals surface area contributed by atoms with Gasteiger partial charge in [0.1, 0.15) is 23.3 Å². The number of nitriles is 1. The third-order valence-corrected chi connectivity index (χ3v) is 3.11. The average Bonchev–Trinajstić information content (AvgIpc) is 2.37. The van der Waals surface area contributed by atoms with Crippen LogP contribution < -0.4 is 5.73 Å². The summed E-state index contributed by atoms with van der Waals surface area (Å²) in [5, 5.41) is 9.16. The number of hydrogen-bond acceptors (Lipinski definition) is 5. The second kappa shape index (κ2) is 5.47. The van der Waals surface area contributed by atoms with Crippen LogP contribution in [0.5, 0.6) is 0 Å². The fraction of sp³-hybridized carbons (Fsp3) is 0.0833. The van der Waals surface area contributed by atoms with Gasteiger partial charge in [-0.25, -0.2) is 14.4 Å². The van der Waals surface area contributed by atoms with Crippen LogP contribution in [0, 0.1) is 17.1 Å². The predicted octanol–water partition coefficient (Wildman–Crippen LogP) is 2.36. The summed E-state index contributed by atoms with van der Waals surface area (Å²) in [7, 11) is 0. The zero-order chi connectivity index (χ0) is 13.0. The van der Waals surface area contributed by atoms with Crippen LogP contribution in [0.25, 0.3) is 0 Å². The third kappa shape index (κ3) is 2.96. The van der Waals surface area contributed by atoms with Crippen molar-refractivity contribution in [3.8, 4) is 6.07 Å². The van der Waals surface area contributed by atoms with Gasteiger partial charge in [-0.05, 0) is 17.7 Å². The molecule has 0 radical (unpaired) electrons. The number of benzene rings is 1. The molecule has 0 bridgehead atoms. The van der Waals surface area contributed by atoms with Gasteiger partial charge in [-0.3, -0.25) is 0 Å². The van der Waals surface area contributed by atoms with Gasteiger partial charge in [-0.2, -0.15) is 5.26 Å². The SMILES string of the molecule is N#Cc1cnc(SCc2cccc(F)c2)nc1N. The maximum Gasteiger partial charge on any atom is 0.189 e. The van der Waals surface area contributed by atoms with Gasteiger partial charge in [0.15, 0.2) is 5.16 Å². The van der Waals surface area contributed by atoms with Crippen molar-refractivity contribution in [2.75, 3.05) is 5.73 Å². The van der Waals surface area contributed by atoms with Crippen molar-refractivity contribution in [1.82, 2.24) is 9.97 Å². The Bertz CT molecular complexity index is 609. The summed E-state index contributed by atoms with van der Waals surface area (Å²) in [6.45, 7) is 0. The van der Waals surface area contributed by atoms with Crippen molar-refractivity contribution in [3.05, 3.63) is 47.4 Å². The third-order valence-electron chi connectivity index (χ3n) is 2.17. The Kier molecular flexibility index (Phi) is 3.75. The molecule has 90 valence electrons. The molecule has 1 aromatic heterocycles. The molecular weight excluding hydrogens is 251 g/mol. The number of anilines is 1. The molecule has 2 N–H and O–H groups in total. The highest BCUT2D eigenvalue weighted by Crippen LogP contribution is 2.20. The lowest BCUT2D eigenvalue weighted by atomic mass is 10.2. The van der Waals surface area contributed by atoms with Crippen molar-refractivity contribution in [1.29, 1.82) is 5.26 Å². The molecule has 6 heteroatoms. The molecule has 1 heterocycles. The molecule has 1 aromatic carbocycles. The summed E-state index contributed by atoms with van der Waals surface area (Å²) >= 11 is 1.34. The topological polar surface area (TPSA) is 75.6 Å². The van der Waals surface area contributed by atoms with Gasteiger partial charge in [-0.15, -0.1) is 0 Å². The molecule has 0 aliphatic heterocycles. The van der Waals surface area contributed by atoms with E-state index < -0.39 is 0 Å². The Balaban J connectivity index is 2.07. The lowest BCUT2D eigenvalue weighted by molar-refractivity contribution is 0.626. The highest BCUT2D eigenvalue weighted by molar-refractivity contribution is 7.98. The van der Waals surface area contributed by atoms with E-state index in [1.807, 2.05) is 12.1 Å². The molecule has 4 nitrogen and oxygen atoms in total. The van der Waals surface area contributed by atoms with Gasteiger partial charge in [0.25, 0.3) is 0 Å². The first-order chi connectivity index (χ1) is 8.69. The van der Waals surface area contributed by atoms with Crippen LogP contribution in [0.1, 0.15) is 11.1 Å². The lowest BCUT2D eigenvalue weighted by Gasteiger charge is -2.02. The highest BCUT2D eigenvalue weighted by atomic mass is 32.2. The molecule has 2 aromatic rings. The maximum absolute atomic E-state index is 13.0. The largest absolute Gasteiger partial charge is 0.382 e. The van der Waals surface area contributed by atoms with Gasteiger partial charge < -0.3 is 5.73 Å². The van der Waals surface area contributed by atoms with Crippen LogP contribution in [-0.4, -0.2) is 9.97 Å². The van der Waals surface area contributed by atoms with Crippen LogP contribution in [0.2, 0.25) is 0 Å². The van der Waals surface area contributed by atoms with Gasteiger partial charge in [-0.1, -0.05) is 23.9 Å². The number of nitrogen functional groups attached to an aromatic ring is 1. The Labute approximate surface area is 108 Å². The number of aromatic nitrogens is 2. The van der Waals surface area contributed by atoms with E-state index in [1.54, 1.807) is 6.07 Å². The zero-order valence-electron chi connectivity index (χ0n) is 9.30. The Hall–Kier alpha value is -2.13. The lowest BCUT2D eigenvalue weighted by Crippen LogP contribution is -1.98. The van der Waals surface area contributed by atoms with E-state index >= 15 is 0 Å². The van der Waals surface area contributed by atoms with Crippen LogP contribution in [0.3, 0.4) is 0 Å². The smallest absolute Gasteiger partial charge is 0.189 e. The van der Waals surface area contributed by atoms with Gasteiger partial charge in [0, 0.05) is 5.75 Å². The summed E-state index contributed by atoms with van der Waals surface area (Å²) in [6, 6.07) is 8.22. The number of halogens is 1. The Morgan fingerprint density at radius 1 is 1.44 bits per heavy atom. The first-order valence-electron chi connectivity index (χ1n) is 5.09. The van der Waals surface area contributed by atoms with Crippen LogP contribution in [-0.2, 0) is 5.75 Å². The first kappa shape index (κ1) is 12.3. The molecule has 0 amide bonds. The van der Waals surface area contributed by atoms with E-state index in [4.69, 9.17) is 11.0 Å². The number of nitrogens with zero attached hydrogens (tertiary/aromatic N) is 3. The summed E-state index contributed by atoms with van der Waals surface area (Å²) < 4.78 is 13.0. The monoisotopic (exact) mass is 260 g/mol. The van der Waals surface area contributed by atoms with Crippen LogP contribution in [0.15, 0.2) is 35.6 Å². The standard InChI is InChI=1S/C12H9FN4S/c13-10-3-1-2-8(4-10)7-18-12-16-6-9(5-14)11(15)17-12/h1-4,6H,7H2,(H2,15,16,17). The summed E-state index contributed by atoms with van der Waals surface area (Å²) in [6.07, 6.45) is 1.39.